The Balaban J connectivity index is 0.000000161. The van der Waals surface area contributed by atoms with Gasteiger partial charge in [0.1, 0.15) is 0 Å². The van der Waals surface area contributed by atoms with Gasteiger partial charge >= 0.3 is 0 Å². The van der Waals surface area contributed by atoms with Crippen molar-refractivity contribution in [1.29, 1.82) is 0 Å². The fourth-order valence-corrected chi connectivity index (χ4v) is 3.41. The smallest absolute Gasteiger partial charge is 0.0950 e. The van der Waals surface area contributed by atoms with Gasteiger partial charge in [0.05, 0.1) is 25.4 Å². The molecule has 2 aromatic rings. The second-order valence-electron chi connectivity index (χ2n) is 7.37. The molecule has 0 bridgehead atoms. The van der Waals surface area contributed by atoms with Crippen molar-refractivity contribution in [3.8, 4) is 0 Å². The van der Waals surface area contributed by atoms with Gasteiger partial charge in [-0.3, -0.25) is 0 Å². The minimum Gasteiger partial charge on any atom is -0.371 e. The van der Waals surface area contributed by atoms with Gasteiger partial charge in [0.15, 0.2) is 0 Å². The van der Waals surface area contributed by atoms with E-state index in [2.05, 4.69) is 24.5 Å². The summed E-state index contributed by atoms with van der Waals surface area (Å²) >= 11 is 11.6. The lowest BCUT2D eigenvalue weighted by Crippen LogP contribution is -2.40. The summed E-state index contributed by atoms with van der Waals surface area (Å²) in [5.74, 6) is 0. The van der Waals surface area contributed by atoms with Crippen molar-refractivity contribution in [2.45, 2.75) is 38.1 Å². The van der Waals surface area contributed by atoms with Crippen LogP contribution in [0.1, 0.15) is 37.2 Å². The van der Waals surface area contributed by atoms with E-state index in [9.17, 15) is 0 Å². The number of ether oxygens (including phenoxy) is 2. The zero-order valence-corrected chi connectivity index (χ0v) is 17.8. The Labute approximate surface area is 177 Å². The van der Waals surface area contributed by atoms with Crippen LogP contribution in [0.15, 0.2) is 48.5 Å². The number of hydrogen-bond acceptors (Lipinski definition) is 4. The normalized spacial score (nSPS) is 27.6. The third-order valence-electron chi connectivity index (χ3n) is 4.88. The van der Waals surface area contributed by atoms with Gasteiger partial charge in [-0.25, -0.2) is 0 Å². The van der Waals surface area contributed by atoms with E-state index in [0.717, 1.165) is 36.3 Å². The van der Waals surface area contributed by atoms with E-state index in [0.29, 0.717) is 12.1 Å². The maximum absolute atomic E-state index is 5.82. The van der Waals surface area contributed by atoms with Crippen LogP contribution in [0.5, 0.6) is 0 Å². The minimum absolute atomic E-state index is 0.170. The van der Waals surface area contributed by atoms with Gasteiger partial charge < -0.3 is 20.1 Å². The highest BCUT2D eigenvalue weighted by atomic mass is 35.5. The molecule has 4 nitrogen and oxygen atoms in total. The third kappa shape index (κ3) is 6.45. The Morgan fingerprint density at radius 1 is 0.679 bits per heavy atom. The monoisotopic (exact) mass is 422 g/mol. The minimum atomic E-state index is 0.170. The molecule has 0 saturated carbocycles. The molecule has 2 heterocycles. The zero-order valence-electron chi connectivity index (χ0n) is 16.3. The van der Waals surface area contributed by atoms with Crippen molar-refractivity contribution in [2.75, 3.05) is 26.3 Å². The average molecular weight is 423 g/mol. The Morgan fingerprint density at radius 3 is 1.32 bits per heavy atom. The van der Waals surface area contributed by atoms with Gasteiger partial charge in [0, 0.05) is 35.2 Å². The molecular formula is C22H28Cl2N2O2. The molecule has 2 N–H and O–H groups in total. The van der Waals surface area contributed by atoms with E-state index < -0.39 is 0 Å². The summed E-state index contributed by atoms with van der Waals surface area (Å²) in [4.78, 5) is 0. The van der Waals surface area contributed by atoms with E-state index in [1.807, 2.05) is 48.5 Å². The molecule has 6 heteroatoms. The molecule has 2 aliphatic heterocycles. The van der Waals surface area contributed by atoms with E-state index in [1.165, 1.54) is 11.1 Å². The summed E-state index contributed by atoms with van der Waals surface area (Å²) in [6.07, 6.45) is 0.340. The highest BCUT2D eigenvalue weighted by Crippen LogP contribution is 2.22. The molecule has 0 radical (unpaired) electrons. The standard InChI is InChI=1S/2C11H14ClNO/c2*1-8-7-14-11(6-13-8)9-2-4-10(12)5-3-9/h2*2-5,8,11,13H,6-7H2,1H3/t8-,11?;8-,11+/m11/s1. The quantitative estimate of drug-likeness (QED) is 0.730. The first kappa shape index (κ1) is 21.6. The van der Waals surface area contributed by atoms with Gasteiger partial charge in [0.2, 0.25) is 0 Å². The van der Waals surface area contributed by atoms with Gasteiger partial charge in [-0.15, -0.1) is 0 Å². The van der Waals surface area contributed by atoms with Crippen LogP contribution in [0.3, 0.4) is 0 Å². The van der Waals surface area contributed by atoms with Crippen LogP contribution in [-0.4, -0.2) is 38.4 Å². The first-order chi connectivity index (χ1) is 13.5. The molecule has 0 spiro atoms. The van der Waals surface area contributed by atoms with Gasteiger partial charge in [-0.05, 0) is 49.2 Å². The molecule has 4 atom stereocenters. The maximum atomic E-state index is 5.82. The van der Waals surface area contributed by atoms with Crippen LogP contribution in [-0.2, 0) is 9.47 Å². The largest absolute Gasteiger partial charge is 0.371 e. The summed E-state index contributed by atoms with van der Waals surface area (Å²) in [6.45, 7) is 7.54. The van der Waals surface area contributed by atoms with Crippen molar-refractivity contribution in [2.24, 2.45) is 0 Å². The fraction of sp³-hybridized carbons (Fsp3) is 0.455. The number of hydrogen-bond donors (Lipinski definition) is 2. The Bertz CT molecular complexity index is 645. The predicted molar refractivity (Wildman–Crippen MR) is 115 cm³/mol. The molecule has 1 unspecified atom stereocenters. The predicted octanol–water partition coefficient (Wildman–Crippen LogP) is 4.78. The van der Waals surface area contributed by atoms with Crippen molar-refractivity contribution >= 4 is 23.2 Å². The molecule has 152 valence electrons. The van der Waals surface area contributed by atoms with Crippen LogP contribution in [0.4, 0.5) is 0 Å². The SMILES string of the molecule is C[C@@H]1COC(c2ccc(Cl)cc2)CN1.C[C@@H]1CO[C@H](c2ccc(Cl)cc2)CN1. The van der Waals surface area contributed by atoms with Crippen LogP contribution in [0, 0.1) is 0 Å². The lowest BCUT2D eigenvalue weighted by molar-refractivity contribution is 0.00692. The molecule has 2 saturated heterocycles. The van der Waals surface area contributed by atoms with Crippen LogP contribution in [0.2, 0.25) is 10.0 Å². The Morgan fingerprint density at radius 2 is 1.04 bits per heavy atom. The van der Waals surface area contributed by atoms with Crippen LogP contribution in [0.25, 0.3) is 0 Å². The van der Waals surface area contributed by atoms with E-state index in [1.54, 1.807) is 0 Å². The van der Waals surface area contributed by atoms with Gasteiger partial charge in [0.25, 0.3) is 0 Å². The van der Waals surface area contributed by atoms with Crippen LogP contribution >= 0.6 is 23.2 Å². The van der Waals surface area contributed by atoms with Gasteiger partial charge in [-0.2, -0.15) is 0 Å². The first-order valence-electron chi connectivity index (χ1n) is 9.72. The molecule has 2 fully saturated rings. The highest BCUT2D eigenvalue weighted by molar-refractivity contribution is 6.30. The maximum Gasteiger partial charge on any atom is 0.0950 e. The number of halogens is 2. The van der Waals surface area contributed by atoms with Crippen LogP contribution < -0.4 is 10.6 Å². The van der Waals surface area contributed by atoms with Crippen molar-refractivity contribution in [3.63, 3.8) is 0 Å². The molecular weight excluding hydrogens is 395 g/mol. The number of rotatable bonds is 2. The van der Waals surface area contributed by atoms with E-state index in [4.69, 9.17) is 32.7 Å². The Hall–Kier alpha value is -1.14. The molecule has 2 aliphatic rings. The number of morpholine rings is 2. The fourth-order valence-electron chi connectivity index (χ4n) is 3.16. The van der Waals surface area contributed by atoms with Crippen molar-refractivity contribution in [1.82, 2.24) is 10.6 Å². The lowest BCUT2D eigenvalue weighted by atomic mass is 10.1. The molecule has 0 aliphatic carbocycles. The molecule has 0 amide bonds. The average Bonchev–Trinajstić information content (AvgIpc) is 2.71. The summed E-state index contributed by atoms with van der Waals surface area (Å²) < 4.78 is 11.4. The topological polar surface area (TPSA) is 42.5 Å². The molecule has 4 rings (SSSR count). The summed E-state index contributed by atoms with van der Waals surface area (Å²) in [6, 6.07) is 16.6. The van der Waals surface area contributed by atoms with Gasteiger partial charge in [-0.1, -0.05) is 47.5 Å². The summed E-state index contributed by atoms with van der Waals surface area (Å²) in [7, 11) is 0. The molecule has 0 aromatic heterocycles. The summed E-state index contributed by atoms with van der Waals surface area (Å²) in [5.41, 5.74) is 2.38. The summed E-state index contributed by atoms with van der Waals surface area (Å²) in [5, 5.41) is 8.31. The number of benzene rings is 2. The van der Waals surface area contributed by atoms with Crippen molar-refractivity contribution in [3.05, 3.63) is 69.7 Å². The van der Waals surface area contributed by atoms with E-state index >= 15 is 0 Å². The molecule has 2 aromatic carbocycles. The first-order valence-corrected chi connectivity index (χ1v) is 10.5. The highest BCUT2D eigenvalue weighted by Gasteiger charge is 2.20. The zero-order chi connectivity index (χ0) is 19.9. The second kappa shape index (κ2) is 10.6. The second-order valence-corrected chi connectivity index (χ2v) is 8.24. The molecule has 28 heavy (non-hydrogen) atoms. The number of nitrogens with one attached hydrogen (secondary N) is 2. The van der Waals surface area contributed by atoms with Crippen molar-refractivity contribution < 1.29 is 9.47 Å². The lowest BCUT2D eigenvalue weighted by Gasteiger charge is -2.28. The van der Waals surface area contributed by atoms with E-state index in [-0.39, 0.29) is 12.2 Å². The third-order valence-corrected chi connectivity index (χ3v) is 5.39. The Kier molecular flexibility index (Phi) is 8.15.